The predicted molar refractivity (Wildman–Crippen MR) is 167 cm³/mol. The molecule has 3 N–H and O–H groups in total. The number of alkyl halides is 3. The van der Waals surface area contributed by atoms with Crippen molar-refractivity contribution in [1.82, 2.24) is 20.9 Å². The zero-order valence-electron chi connectivity index (χ0n) is 25.6. The van der Waals surface area contributed by atoms with E-state index < -0.39 is 39.2 Å². The third kappa shape index (κ3) is 11.0. The molecule has 250 valence electrons. The number of benzene rings is 2. The first-order chi connectivity index (χ1) is 20.9. The molecule has 1 fully saturated rings. The van der Waals surface area contributed by atoms with E-state index in [4.69, 9.17) is 27.9 Å². The van der Waals surface area contributed by atoms with Gasteiger partial charge in [-0.1, -0.05) is 30.1 Å². The number of nitrogens with zero attached hydrogens (tertiary/aromatic N) is 1. The van der Waals surface area contributed by atoms with Crippen LogP contribution in [0.4, 0.5) is 18.0 Å². The number of halogens is 5. The number of carbonyl (C=O) groups excluding carboxylic acids is 2. The Morgan fingerprint density at radius 3 is 2.42 bits per heavy atom. The standard InChI is InChI=1S/C30H39Cl2F3N4O5S/c1-5-45(42,43)26-9-8-21(31)13-20(26)16-38-27(40)19-14-24(30(33,34)35)23(25(32)15-19)18-39-12-6-7-22(17-39)36-10-11-37-28(41)44-29(2,3)4/h8-9,13-15,22,36H,5-7,10-12,16-18H2,1-4H3,(H,37,41)(H,38,40)/t22-/m0/s1. The van der Waals surface area contributed by atoms with E-state index in [0.717, 1.165) is 18.9 Å². The van der Waals surface area contributed by atoms with E-state index in [1.807, 2.05) is 4.90 Å². The van der Waals surface area contributed by atoms with Crippen LogP contribution >= 0.6 is 23.2 Å². The second-order valence-corrected chi connectivity index (χ2v) is 14.9. The van der Waals surface area contributed by atoms with E-state index >= 15 is 0 Å². The lowest BCUT2D eigenvalue weighted by Gasteiger charge is -2.34. The summed E-state index contributed by atoms with van der Waals surface area (Å²) >= 11 is 12.4. The molecule has 2 amide bonds. The van der Waals surface area contributed by atoms with Crippen LogP contribution in [0.25, 0.3) is 0 Å². The number of amides is 2. The summed E-state index contributed by atoms with van der Waals surface area (Å²) in [5.74, 6) is -1.03. The molecule has 1 atom stereocenters. The van der Waals surface area contributed by atoms with Crippen LogP contribution in [0.3, 0.4) is 0 Å². The number of hydrogen-bond acceptors (Lipinski definition) is 7. The first kappa shape index (κ1) is 36.9. The smallest absolute Gasteiger partial charge is 0.416 e. The number of piperidine rings is 1. The summed E-state index contributed by atoms with van der Waals surface area (Å²) in [5.41, 5.74) is -1.87. The van der Waals surface area contributed by atoms with Crippen molar-refractivity contribution in [2.75, 3.05) is 31.9 Å². The van der Waals surface area contributed by atoms with Crippen molar-refractivity contribution < 1.29 is 35.9 Å². The molecular weight excluding hydrogens is 656 g/mol. The Kier molecular flexibility index (Phi) is 12.6. The van der Waals surface area contributed by atoms with Gasteiger partial charge in [0.15, 0.2) is 9.84 Å². The van der Waals surface area contributed by atoms with Gasteiger partial charge in [0.25, 0.3) is 5.91 Å². The summed E-state index contributed by atoms with van der Waals surface area (Å²) < 4.78 is 72.9. The maximum absolute atomic E-state index is 14.2. The summed E-state index contributed by atoms with van der Waals surface area (Å²) in [5, 5.41) is 8.52. The summed E-state index contributed by atoms with van der Waals surface area (Å²) in [4.78, 5) is 26.6. The molecule has 1 aliphatic rings. The molecule has 0 radical (unpaired) electrons. The number of carbonyl (C=O) groups is 2. The zero-order valence-corrected chi connectivity index (χ0v) is 27.9. The molecule has 1 heterocycles. The number of alkyl carbamates (subject to hydrolysis) is 1. The molecule has 0 aromatic heterocycles. The van der Waals surface area contributed by atoms with Crippen LogP contribution in [0.2, 0.25) is 10.0 Å². The fourth-order valence-corrected chi connectivity index (χ4v) is 6.54. The Morgan fingerprint density at radius 2 is 1.78 bits per heavy atom. The van der Waals surface area contributed by atoms with Gasteiger partial charge in [0.05, 0.1) is 16.2 Å². The average Bonchev–Trinajstić information content (AvgIpc) is 2.93. The van der Waals surface area contributed by atoms with E-state index in [2.05, 4.69) is 16.0 Å². The minimum atomic E-state index is -4.79. The molecule has 0 saturated carbocycles. The number of sulfone groups is 1. The van der Waals surface area contributed by atoms with Crippen LogP contribution in [0.15, 0.2) is 35.2 Å². The van der Waals surface area contributed by atoms with E-state index in [1.54, 1.807) is 20.8 Å². The van der Waals surface area contributed by atoms with Crippen molar-refractivity contribution in [1.29, 1.82) is 0 Å². The number of ether oxygens (including phenoxy) is 1. The molecule has 3 rings (SSSR count). The van der Waals surface area contributed by atoms with Crippen molar-refractivity contribution in [3.05, 3.63) is 62.6 Å². The first-order valence-corrected chi connectivity index (χ1v) is 16.9. The van der Waals surface area contributed by atoms with Gasteiger partial charge in [-0.05, 0) is 81.6 Å². The molecule has 0 bridgehead atoms. The van der Waals surface area contributed by atoms with Crippen LogP contribution in [-0.2, 0) is 33.8 Å². The Hall–Kier alpha value is -2.58. The highest BCUT2D eigenvalue weighted by atomic mass is 35.5. The van der Waals surface area contributed by atoms with E-state index in [1.165, 1.54) is 31.2 Å². The van der Waals surface area contributed by atoms with Gasteiger partial charge < -0.3 is 20.7 Å². The van der Waals surface area contributed by atoms with Gasteiger partial charge >= 0.3 is 12.3 Å². The molecule has 9 nitrogen and oxygen atoms in total. The van der Waals surface area contributed by atoms with E-state index in [9.17, 15) is 31.2 Å². The fraction of sp³-hybridized carbons (Fsp3) is 0.533. The van der Waals surface area contributed by atoms with Gasteiger partial charge in [-0.25, -0.2) is 13.2 Å². The molecule has 2 aromatic rings. The molecule has 0 aliphatic carbocycles. The monoisotopic (exact) mass is 694 g/mol. The van der Waals surface area contributed by atoms with Crippen LogP contribution in [-0.4, -0.2) is 68.9 Å². The summed E-state index contributed by atoms with van der Waals surface area (Å²) in [6, 6.07) is 6.07. The number of nitrogens with one attached hydrogen (secondary N) is 3. The van der Waals surface area contributed by atoms with Crippen molar-refractivity contribution in [3.63, 3.8) is 0 Å². The third-order valence-electron chi connectivity index (χ3n) is 7.05. The number of rotatable bonds is 11. The predicted octanol–water partition coefficient (Wildman–Crippen LogP) is 5.81. The second-order valence-electron chi connectivity index (χ2n) is 11.8. The largest absolute Gasteiger partial charge is 0.444 e. The molecule has 0 unspecified atom stereocenters. The topological polar surface area (TPSA) is 117 Å². The highest BCUT2D eigenvalue weighted by Crippen LogP contribution is 2.37. The average molecular weight is 696 g/mol. The lowest BCUT2D eigenvalue weighted by atomic mass is 10.00. The van der Waals surface area contributed by atoms with Gasteiger partial charge in [0, 0.05) is 54.4 Å². The van der Waals surface area contributed by atoms with Crippen molar-refractivity contribution in [3.8, 4) is 0 Å². The highest BCUT2D eigenvalue weighted by molar-refractivity contribution is 7.91. The minimum absolute atomic E-state index is 0.00902. The SMILES string of the molecule is CCS(=O)(=O)c1ccc(Cl)cc1CNC(=O)c1cc(Cl)c(CN2CCC[C@H](NCCNC(=O)OC(C)(C)C)C2)c(C(F)(F)F)c1. The normalized spacial score (nSPS) is 16.3. The molecular formula is C30H39Cl2F3N4O5S. The Balaban J connectivity index is 1.69. The van der Waals surface area contributed by atoms with Gasteiger partial charge in [0.1, 0.15) is 5.60 Å². The maximum atomic E-state index is 14.2. The van der Waals surface area contributed by atoms with Gasteiger partial charge in [-0.3, -0.25) is 9.69 Å². The molecule has 15 heteroatoms. The first-order valence-electron chi connectivity index (χ1n) is 14.5. The van der Waals surface area contributed by atoms with Crippen molar-refractivity contribution in [2.24, 2.45) is 0 Å². The lowest BCUT2D eigenvalue weighted by Crippen LogP contribution is -2.47. The van der Waals surface area contributed by atoms with Crippen LogP contribution in [0, 0.1) is 0 Å². The van der Waals surface area contributed by atoms with Crippen molar-refractivity contribution >= 4 is 45.0 Å². The summed E-state index contributed by atoms with van der Waals surface area (Å²) in [6.07, 6.45) is -3.75. The van der Waals surface area contributed by atoms with Crippen LogP contribution in [0.1, 0.15) is 67.6 Å². The highest BCUT2D eigenvalue weighted by Gasteiger charge is 2.36. The van der Waals surface area contributed by atoms with Gasteiger partial charge in [0.2, 0.25) is 0 Å². The summed E-state index contributed by atoms with van der Waals surface area (Å²) in [6.45, 7) is 8.23. The number of likely N-dealkylation sites (tertiary alicyclic amines) is 1. The van der Waals surface area contributed by atoms with E-state index in [-0.39, 0.29) is 56.5 Å². The van der Waals surface area contributed by atoms with Crippen LogP contribution in [0.5, 0.6) is 0 Å². The molecule has 45 heavy (non-hydrogen) atoms. The van der Waals surface area contributed by atoms with E-state index in [0.29, 0.717) is 26.2 Å². The second kappa shape index (κ2) is 15.3. The molecule has 1 saturated heterocycles. The Labute approximate surface area is 272 Å². The van der Waals surface area contributed by atoms with Crippen molar-refractivity contribution in [2.45, 2.75) is 76.3 Å². The Morgan fingerprint density at radius 1 is 1.07 bits per heavy atom. The number of hydrogen-bond donors (Lipinski definition) is 3. The lowest BCUT2D eigenvalue weighted by molar-refractivity contribution is -0.138. The Bertz CT molecular complexity index is 1480. The quantitative estimate of drug-likeness (QED) is 0.254. The van der Waals surface area contributed by atoms with Gasteiger partial charge in [-0.2, -0.15) is 13.2 Å². The van der Waals surface area contributed by atoms with Gasteiger partial charge in [-0.15, -0.1) is 0 Å². The molecule has 2 aromatic carbocycles. The fourth-order valence-electron chi connectivity index (χ4n) is 4.95. The third-order valence-corrected chi connectivity index (χ3v) is 9.45. The van der Waals surface area contributed by atoms with Crippen LogP contribution < -0.4 is 16.0 Å². The molecule has 0 spiro atoms. The summed E-state index contributed by atoms with van der Waals surface area (Å²) in [7, 11) is -3.64. The minimum Gasteiger partial charge on any atom is -0.444 e. The molecule has 1 aliphatic heterocycles. The maximum Gasteiger partial charge on any atom is 0.416 e. The zero-order chi connectivity index (χ0) is 33.6.